The molecule has 0 heterocycles. The molecule has 0 bridgehead atoms. The molecule has 0 aromatic heterocycles. The van der Waals surface area contributed by atoms with Crippen LogP contribution in [0.4, 0.5) is 0 Å². The predicted molar refractivity (Wildman–Crippen MR) is 127 cm³/mol. The molecule has 0 unspecified atom stereocenters. The van der Waals surface area contributed by atoms with Gasteiger partial charge in [0.2, 0.25) is 0 Å². The van der Waals surface area contributed by atoms with Crippen LogP contribution in [-0.2, 0) is 18.9 Å². The second kappa shape index (κ2) is 24.4. The van der Waals surface area contributed by atoms with Crippen molar-refractivity contribution in [3.63, 3.8) is 0 Å². The number of unbranched alkanes of at least 4 members (excludes halogenated alkanes) is 12. The van der Waals surface area contributed by atoms with Crippen molar-refractivity contribution in [3.8, 4) is 0 Å². The fourth-order valence-corrected chi connectivity index (χ4v) is 3.32. The van der Waals surface area contributed by atoms with Crippen LogP contribution >= 0.6 is 0 Å². The molecule has 0 radical (unpaired) electrons. The van der Waals surface area contributed by atoms with E-state index in [0.717, 1.165) is 38.0 Å². The summed E-state index contributed by atoms with van der Waals surface area (Å²) in [7, 11) is 0. The molecule has 30 heavy (non-hydrogen) atoms. The van der Waals surface area contributed by atoms with Crippen molar-refractivity contribution in [1.29, 1.82) is 0 Å². The maximum absolute atomic E-state index is 6.10. The Morgan fingerprint density at radius 2 is 1.00 bits per heavy atom. The van der Waals surface area contributed by atoms with Gasteiger partial charge in [-0.15, -0.1) is 0 Å². The summed E-state index contributed by atoms with van der Waals surface area (Å²) in [5.41, 5.74) is 0. The van der Waals surface area contributed by atoms with Gasteiger partial charge in [-0.1, -0.05) is 97.8 Å². The van der Waals surface area contributed by atoms with Gasteiger partial charge in [-0.25, -0.2) is 0 Å². The quantitative estimate of drug-likeness (QED) is 0.0877. The lowest BCUT2D eigenvalue weighted by Gasteiger charge is -2.17. The van der Waals surface area contributed by atoms with Crippen LogP contribution in [0, 0.1) is 0 Å². The van der Waals surface area contributed by atoms with E-state index in [-0.39, 0.29) is 6.79 Å². The van der Waals surface area contributed by atoms with E-state index in [1.165, 1.54) is 77.0 Å². The summed E-state index contributed by atoms with van der Waals surface area (Å²) >= 11 is 0. The first-order chi connectivity index (χ1) is 14.8. The van der Waals surface area contributed by atoms with Gasteiger partial charge in [-0.05, 0) is 26.2 Å². The topological polar surface area (TPSA) is 36.9 Å². The first-order valence-electron chi connectivity index (χ1n) is 13.0. The van der Waals surface area contributed by atoms with Gasteiger partial charge in [0, 0.05) is 13.0 Å². The van der Waals surface area contributed by atoms with Crippen molar-refractivity contribution in [2.75, 3.05) is 26.6 Å². The van der Waals surface area contributed by atoms with Gasteiger partial charge in [-0.2, -0.15) is 0 Å². The zero-order valence-corrected chi connectivity index (χ0v) is 20.8. The molecule has 0 saturated heterocycles. The minimum absolute atomic E-state index is 0.219. The average Bonchev–Trinajstić information content (AvgIpc) is 2.75. The summed E-state index contributed by atoms with van der Waals surface area (Å²) in [6, 6.07) is 0. The van der Waals surface area contributed by atoms with Gasteiger partial charge < -0.3 is 18.9 Å². The van der Waals surface area contributed by atoms with E-state index >= 15 is 0 Å². The van der Waals surface area contributed by atoms with Gasteiger partial charge in [0.25, 0.3) is 0 Å². The number of hydrogen-bond donors (Lipinski definition) is 0. The molecular weight excluding hydrogens is 376 g/mol. The molecule has 0 aliphatic heterocycles. The van der Waals surface area contributed by atoms with Crippen molar-refractivity contribution >= 4 is 0 Å². The Labute approximate surface area is 188 Å². The fraction of sp³-hybridized carbons (Fsp3) is 0.923. The zero-order chi connectivity index (χ0) is 22.1. The zero-order valence-electron chi connectivity index (χ0n) is 20.8. The number of allylic oxidation sites excluding steroid dienone is 1. The molecule has 4 nitrogen and oxygen atoms in total. The third-order valence-corrected chi connectivity index (χ3v) is 5.19. The molecule has 0 rings (SSSR count). The van der Waals surface area contributed by atoms with Gasteiger partial charge in [0.1, 0.15) is 0 Å². The molecule has 0 atom stereocenters. The molecule has 0 N–H and O–H groups in total. The van der Waals surface area contributed by atoms with E-state index in [1.807, 2.05) is 6.92 Å². The van der Waals surface area contributed by atoms with E-state index in [4.69, 9.17) is 18.9 Å². The third-order valence-electron chi connectivity index (χ3n) is 5.19. The number of hydrogen-bond acceptors (Lipinski definition) is 4. The fourth-order valence-electron chi connectivity index (χ4n) is 3.32. The van der Waals surface area contributed by atoms with Crippen molar-refractivity contribution in [2.45, 2.75) is 130 Å². The summed E-state index contributed by atoms with van der Waals surface area (Å²) < 4.78 is 23.3. The minimum Gasteiger partial charge on any atom is -0.491 e. The Morgan fingerprint density at radius 1 is 0.500 bits per heavy atom. The Balaban J connectivity index is 4.33. The molecule has 180 valence electrons. The van der Waals surface area contributed by atoms with E-state index in [1.54, 1.807) is 0 Å². The summed E-state index contributed by atoms with van der Waals surface area (Å²) in [6.07, 6.45) is 19.7. The van der Waals surface area contributed by atoms with Crippen LogP contribution in [0.3, 0.4) is 0 Å². The van der Waals surface area contributed by atoms with Gasteiger partial charge in [0.05, 0.1) is 13.2 Å². The number of ether oxygens (including phenoxy) is 4. The first-order valence-corrected chi connectivity index (χ1v) is 13.0. The molecule has 0 amide bonds. The second-order valence-corrected chi connectivity index (χ2v) is 8.16. The molecule has 0 aromatic carbocycles. The molecule has 0 fully saturated rings. The smallest absolute Gasteiger partial charge is 0.321 e. The second-order valence-electron chi connectivity index (χ2n) is 8.16. The van der Waals surface area contributed by atoms with E-state index in [2.05, 4.69) is 20.8 Å². The lowest BCUT2D eigenvalue weighted by molar-refractivity contribution is -0.0810. The summed E-state index contributed by atoms with van der Waals surface area (Å²) in [5, 5.41) is 0. The maximum Gasteiger partial charge on any atom is 0.321 e. The third kappa shape index (κ3) is 19.1. The van der Waals surface area contributed by atoms with Crippen LogP contribution in [0.25, 0.3) is 0 Å². The van der Waals surface area contributed by atoms with E-state index in [9.17, 15) is 0 Å². The van der Waals surface area contributed by atoms with Crippen LogP contribution < -0.4 is 0 Å². The normalized spacial score (nSPS) is 12.0. The molecule has 0 spiro atoms. The van der Waals surface area contributed by atoms with Crippen LogP contribution in [0.2, 0.25) is 0 Å². The average molecular weight is 429 g/mol. The van der Waals surface area contributed by atoms with Crippen molar-refractivity contribution in [3.05, 3.63) is 11.7 Å². The summed E-state index contributed by atoms with van der Waals surface area (Å²) in [5.74, 6) is 1.39. The van der Waals surface area contributed by atoms with Crippen molar-refractivity contribution in [1.82, 2.24) is 0 Å². The molecular formula is C26H52O4. The highest BCUT2D eigenvalue weighted by molar-refractivity contribution is 4.95. The van der Waals surface area contributed by atoms with Crippen molar-refractivity contribution < 1.29 is 18.9 Å². The maximum atomic E-state index is 6.10. The lowest BCUT2D eigenvalue weighted by atomic mass is 10.1. The Kier molecular flexibility index (Phi) is 23.6. The van der Waals surface area contributed by atoms with Gasteiger partial charge in [0.15, 0.2) is 12.6 Å². The highest BCUT2D eigenvalue weighted by atomic mass is 16.7. The summed E-state index contributed by atoms with van der Waals surface area (Å²) in [6.45, 7) is 10.9. The van der Waals surface area contributed by atoms with Gasteiger partial charge >= 0.3 is 5.95 Å². The SMILES string of the molecule is CCCCCCCCCOC(CCC)=C(OCCCCCCCCC)OCOCC. The molecule has 0 aliphatic carbocycles. The molecule has 0 aromatic rings. The van der Waals surface area contributed by atoms with E-state index < -0.39 is 0 Å². The Bertz CT molecular complexity index is 368. The highest BCUT2D eigenvalue weighted by Crippen LogP contribution is 2.18. The number of rotatable bonds is 24. The monoisotopic (exact) mass is 428 g/mol. The van der Waals surface area contributed by atoms with Crippen LogP contribution in [0.15, 0.2) is 11.7 Å². The highest BCUT2D eigenvalue weighted by Gasteiger charge is 2.12. The van der Waals surface area contributed by atoms with Crippen LogP contribution in [0.5, 0.6) is 0 Å². The standard InChI is InChI=1S/C26H52O4/c1-5-9-11-13-15-17-19-22-28-25(21-7-3)26(30-24-27-8-4)29-23-20-18-16-14-12-10-6-2/h5-24H2,1-4H3. The summed E-state index contributed by atoms with van der Waals surface area (Å²) in [4.78, 5) is 0. The van der Waals surface area contributed by atoms with Crippen molar-refractivity contribution in [2.24, 2.45) is 0 Å². The van der Waals surface area contributed by atoms with E-state index in [0.29, 0.717) is 19.2 Å². The first kappa shape index (κ1) is 29.1. The molecule has 4 heteroatoms. The predicted octanol–water partition coefficient (Wildman–Crippen LogP) is 8.50. The lowest BCUT2D eigenvalue weighted by Crippen LogP contribution is -2.10. The Morgan fingerprint density at radius 3 is 1.50 bits per heavy atom. The molecule has 0 saturated carbocycles. The minimum atomic E-state index is 0.219. The van der Waals surface area contributed by atoms with Gasteiger partial charge in [-0.3, -0.25) is 0 Å². The Hall–Kier alpha value is -0.900. The molecule has 0 aliphatic rings. The van der Waals surface area contributed by atoms with Crippen LogP contribution in [-0.4, -0.2) is 26.6 Å². The largest absolute Gasteiger partial charge is 0.491 e. The van der Waals surface area contributed by atoms with Crippen LogP contribution in [0.1, 0.15) is 130 Å².